The lowest BCUT2D eigenvalue weighted by Gasteiger charge is -2.26. The zero-order chi connectivity index (χ0) is 22.9. The summed E-state index contributed by atoms with van der Waals surface area (Å²) < 4.78 is 7.04. The van der Waals surface area contributed by atoms with Crippen molar-refractivity contribution >= 4 is 29.8 Å². The number of ketones is 1. The Kier molecular flexibility index (Phi) is 9.07. The Morgan fingerprint density at radius 2 is 1.93 bits per heavy atom. The number of carbonyl (C=O) groups excluding carboxylic acids is 4. The van der Waals surface area contributed by atoms with Gasteiger partial charge in [-0.3, -0.25) is 14.4 Å². The van der Waals surface area contributed by atoms with Crippen LogP contribution in [0.25, 0.3) is 5.53 Å². The largest absolute Gasteiger partial charge is 0.458 e. The molecule has 1 heterocycles. The molecule has 164 valence electrons. The molecule has 0 spiro atoms. The van der Waals surface area contributed by atoms with E-state index >= 15 is 0 Å². The molecule has 0 unspecified atom stereocenters. The van der Waals surface area contributed by atoms with Crippen LogP contribution in [-0.4, -0.2) is 61.8 Å². The zero-order valence-corrected chi connectivity index (χ0v) is 17.8. The van der Waals surface area contributed by atoms with Gasteiger partial charge in [0.1, 0.15) is 17.7 Å². The van der Waals surface area contributed by atoms with Crippen LogP contribution in [0.1, 0.15) is 46.2 Å². The lowest BCUT2D eigenvalue weighted by Crippen LogP contribution is -2.53. The Morgan fingerprint density at radius 1 is 1.27 bits per heavy atom. The number of aromatic nitrogens is 2. The van der Waals surface area contributed by atoms with Crippen LogP contribution in [0.15, 0.2) is 12.5 Å². The fourth-order valence-corrected chi connectivity index (χ4v) is 2.55. The average Bonchev–Trinajstić information content (AvgIpc) is 3.00. The standard InChI is InChI=1S/C19H28N6O5/c1-12(26)23-16(8-13-9-21-11-25(13)5)17(28)24-15(7-6-14(27)10-22-20)18(29)30-19(2,3)4/h9-11,15-16H,6-8H2,1-5H3,(H,23,26)(H,24,28)/t15-,16-/m0/s1. The zero-order valence-electron chi connectivity index (χ0n) is 17.8. The highest BCUT2D eigenvalue weighted by Gasteiger charge is 2.30. The van der Waals surface area contributed by atoms with Gasteiger partial charge in [-0.15, -0.1) is 0 Å². The number of imidazole rings is 1. The molecule has 30 heavy (non-hydrogen) atoms. The molecule has 0 aliphatic heterocycles. The summed E-state index contributed by atoms with van der Waals surface area (Å²) in [5.41, 5.74) is 8.35. The van der Waals surface area contributed by atoms with Crippen LogP contribution < -0.4 is 10.6 Å². The van der Waals surface area contributed by atoms with Crippen LogP contribution in [0.5, 0.6) is 0 Å². The molecule has 2 N–H and O–H groups in total. The summed E-state index contributed by atoms with van der Waals surface area (Å²) in [5.74, 6) is -2.26. The predicted molar refractivity (Wildman–Crippen MR) is 106 cm³/mol. The number of carbonyl (C=O) groups is 4. The monoisotopic (exact) mass is 420 g/mol. The molecule has 0 saturated heterocycles. The molecule has 1 rings (SSSR count). The van der Waals surface area contributed by atoms with Crippen molar-refractivity contribution in [2.45, 2.75) is 64.6 Å². The van der Waals surface area contributed by atoms with E-state index in [1.807, 2.05) is 0 Å². The number of hydrogen-bond donors (Lipinski definition) is 2. The number of rotatable bonds is 10. The van der Waals surface area contributed by atoms with Gasteiger partial charge in [0.25, 0.3) is 0 Å². The lowest BCUT2D eigenvalue weighted by atomic mass is 10.1. The first-order valence-corrected chi connectivity index (χ1v) is 9.38. The minimum atomic E-state index is -1.13. The van der Waals surface area contributed by atoms with E-state index in [-0.39, 0.29) is 19.3 Å². The molecule has 1 aromatic heterocycles. The van der Waals surface area contributed by atoms with Crippen LogP contribution in [0.3, 0.4) is 0 Å². The fourth-order valence-electron chi connectivity index (χ4n) is 2.55. The van der Waals surface area contributed by atoms with Gasteiger partial charge in [0.2, 0.25) is 17.6 Å². The molecule has 0 bridgehead atoms. The van der Waals surface area contributed by atoms with Crippen LogP contribution >= 0.6 is 0 Å². The SMILES string of the molecule is CC(=O)N[C@@H](Cc1cncn1C)C(=O)N[C@@H](CCC(=O)C=[N+]=[N-])C(=O)OC(C)(C)C. The topological polar surface area (TPSA) is 156 Å². The smallest absolute Gasteiger partial charge is 0.329 e. The van der Waals surface area contributed by atoms with E-state index in [4.69, 9.17) is 10.3 Å². The van der Waals surface area contributed by atoms with Gasteiger partial charge >= 0.3 is 12.2 Å². The average molecular weight is 420 g/mol. The molecule has 1 aromatic rings. The quantitative estimate of drug-likeness (QED) is 0.234. The van der Waals surface area contributed by atoms with Gasteiger partial charge in [0.05, 0.1) is 6.33 Å². The van der Waals surface area contributed by atoms with Gasteiger partial charge in [0, 0.05) is 38.7 Å². The van der Waals surface area contributed by atoms with Gasteiger partial charge in [-0.25, -0.2) is 9.78 Å². The summed E-state index contributed by atoms with van der Waals surface area (Å²) in [4.78, 5) is 55.2. The van der Waals surface area contributed by atoms with E-state index in [1.165, 1.54) is 6.92 Å². The van der Waals surface area contributed by atoms with Crippen LogP contribution in [-0.2, 0) is 37.4 Å². The van der Waals surface area contributed by atoms with Crippen molar-refractivity contribution in [3.63, 3.8) is 0 Å². The van der Waals surface area contributed by atoms with Crippen molar-refractivity contribution in [2.24, 2.45) is 7.05 Å². The van der Waals surface area contributed by atoms with Crippen molar-refractivity contribution in [1.29, 1.82) is 0 Å². The van der Waals surface area contributed by atoms with E-state index in [2.05, 4.69) is 20.4 Å². The third kappa shape index (κ3) is 8.78. The Morgan fingerprint density at radius 3 is 2.43 bits per heavy atom. The van der Waals surface area contributed by atoms with E-state index in [1.54, 1.807) is 44.9 Å². The minimum Gasteiger partial charge on any atom is -0.458 e. The summed E-state index contributed by atoms with van der Waals surface area (Å²) in [5, 5.41) is 5.11. The number of hydrogen-bond acceptors (Lipinski definition) is 6. The second kappa shape index (κ2) is 11.0. The molecule has 0 saturated carbocycles. The molecular weight excluding hydrogens is 392 g/mol. The van der Waals surface area contributed by atoms with Crippen LogP contribution in [0, 0.1) is 0 Å². The molecule has 2 amide bonds. The maximum absolute atomic E-state index is 12.9. The third-order valence-electron chi connectivity index (χ3n) is 3.91. The number of amides is 2. The molecular formula is C19H28N6O5. The molecule has 0 aliphatic rings. The number of nitrogens with zero attached hydrogens (tertiary/aromatic N) is 4. The molecule has 11 heteroatoms. The van der Waals surface area contributed by atoms with E-state index in [0.29, 0.717) is 5.69 Å². The highest BCUT2D eigenvalue weighted by molar-refractivity contribution is 6.25. The second-order valence-electron chi connectivity index (χ2n) is 7.80. The summed E-state index contributed by atoms with van der Waals surface area (Å²) >= 11 is 0. The number of ether oxygens (including phenoxy) is 1. The predicted octanol–water partition coefficient (Wildman–Crippen LogP) is -0.0563. The normalized spacial score (nSPS) is 12.8. The van der Waals surface area contributed by atoms with Crippen molar-refractivity contribution in [3.05, 3.63) is 23.7 Å². The summed E-state index contributed by atoms with van der Waals surface area (Å²) in [7, 11) is 1.75. The lowest BCUT2D eigenvalue weighted by molar-refractivity contribution is -0.159. The van der Waals surface area contributed by atoms with Crippen molar-refractivity contribution < 1.29 is 28.7 Å². The molecule has 0 aliphatic carbocycles. The first-order valence-electron chi connectivity index (χ1n) is 9.38. The Hall–Kier alpha value is -3.33. The first kappa shape index (κ1) is 24.7. The highest BCUT2D eigenvalue weighted by Crippen LogP contribution is 2.12. The second-order valence-corrected chi connectivity index (χ2v) is 7.80. The minimum absolute atomic E-state index is 0.0655. The van der Waals surface area contributed by atoms with Gasteiger partial charge < -0.3 is 25.5 Å². The Labute approximate surface area is 174 Å². The van der Waals surface area contributed by atoms with Gasteiger partial charge in [-0.05, 0) is 27.2 Å². The molecule has 0 radical (unpaired) electrons. The number of esters is 1. The number of Topliss-reactive ketones (excluding diaryl/α,β-unsaturated/α-hetero) is 1. The van der Waals surface area contributed by atoms with Crippen LogP contribution in [0.2, 0.25) is 0 Å². The maximum atomic E-state index is 12.9. The fraction of sp³-hybridized carbons (Fsp3) is 0.579. The number of aryl methyl sites for hydroxylation is 1. The maximum Gasteiger partial charge on any atom is 0.329 e. The summed E-state index contributed by atoms with van der Waals surface area (Å²) in [6, 6.07) is -2.09. The summed E-state index contributed by atoms with van der Waals surface area (Å²) in [6.45, 7) is 6.31. The molecule has 0 aromatic carbocycles. The Balaban J connectivity index is 2.99. The van der Waals surface area contributed by atoms with Gasteiger partial charge in [-0.1, -0.05) is 0 Å². The molecule has 11 nitrogen and oxygen atoms in total. The van der Waals surface area contributed by atoms with E-state index in [0.717, 1.165) is 6.21 Å². The summed E-state index contributed by atoms with van der Waals surface area (Å²) in [6.07, 6.45) is 3.79. The molecule has 2 atom stereocenters. The van der Waals surface area contributed by atoms with Gasteiger partial charge in [0.15, 0.2) is 0 Å². The van der Waals surface area contributed by atoms with Crippen molar-refractivity contribution in [3.8, 4) is 0 Å². The van der Waals surface area contributed by atoms with Crippen molar-refractivity contribution in [2.75, 3.05) is 0 Å². The molecule has 0 fully saturated rings. The number of nitrogens with one attached hydrogen (secondary N) is 2. The van der Waals surface area contributed by atoms with Crippen LogP contribution in [0.4, 0.5) is 0 Å². The highest BCUT2D eigenvalue weighted by atomic mass is 16.6. The third-order valence-corrected chi connectivity index (χ3v) is 3.91. The Bertz CT molecular complexity index is 835. The van der Waals surface area contributed by atoms with Crippen molar-refractivity contribution in [1.82, 2.24) is 20.2 Å². The van der Waals surface area contributed by atoms with Gasteiger partial charge in [-0.2, -0.15) is 4.79 Å². The van der Waals surface area contributed by atoms with E-state index < -0.39 is 41.3 Å². The van der Waals surface area contributed by atoms with E-state index in [9.17, 15) is 19.2 Å². The first-order chi connectivity index (χ1) is 13.9.